The van der Waals surface area contributed by atoms with Gasteiger partial charge in [0, 0.05) is 6.04 Å². The fourth-order valence-corrected chi connectivity index (χ4v) is 3.93. The number of nitrogens with one attached hydrogen (secondary N) is 1. The third kappa shape index (κ3) is 5.75. The lowest BCUT2D eigenvalue weighted by Crippen LogP contribution is -2.48. The third-order valence-electron chi connectivity index (χ3n) is 4.41. The molecule has 1 atom stereocenters. The standard InChI is InChI=1S/C19H26N2O5S/c1-26-16-7-5-6-15(12-16)18(10-11-19(20,13-22)14-23)21-27(24,25)17-8-3-2-4-9-17/h2-9,12,18,21-23H,10-11,13-14,20H2,1H3. The number of aliphatic hydroxyl groups is 2. The van der Waals surface area contributed by atoms with E-state index in [4.69, 9.17) is 10.5 Å². The summed E-state index contributed by atoms with van der Waals surface area (Å²) in [6.45, 7) is -0.806. The first kappa shape index (κ1) is 21.3. The summed E-state index contributed by atoms with van der Waals surface area (Å²) in [6, 6.07) is 14.5. The van der Waals surface area contributed by atoms with E-state index in [1.54, 1.807) is 42.5 Å². The lowest BCUT2D eigenvalue weighted by molar-refractivity contribution is 0.111. The average molecular weight is 394 g/mol. The van der Waals surface area contributed by atoms with Gasteiger partial charge in [0.05, 0.1) is 30.8 Å². The summed E-state index contributed by atoms with van der Waals surface area (Å²) >= 11 is 0. The minimum atomic E-state index is -3.76. The third-order valence-corrected chi connectivity index (χ3v) is 5.90. The Kier molecular flexibility index (Phi) is 7.34. The van der Waals surface area contributed by atoms with Crippen molar-refractivity contribution in [3.8, 4) is 5.75 Å². The molecule has 2 aromatic rings. The van der Waals surface area contributed by atoms with Gasteiger partial charge >= 0.3 is 0 Å². The molecule has 148 valence electrons. The first-order chi connectivity index (χ1) is 12.8. The van der Waals surface area contributed by atoms with E-state index in [-0.39, 0.29) is 17.7 Å². The molecule has 0 aliphatic rings. The first-order valence-electron chi connectivity index (χ1n) is 8.55. The molecule has 0 saturated heterocycles. The molecule has 7 nitrogen and oxygen atoms in total. The Morgan fingerprint density at radius 1 is 1.11 bits per heavy atom. The van der Waals surface area contributed by atoms with Crippen molar-refractivity contribution >= 4 is 10.0 Å². The van der Waals surface area contributed by atoms with Crippen molar-refractivity contribution in [2.24, 2.45) is 5.73 Å². The lowest BCUT2D eigenvalue weighted by atomic mass is 9.92. The van der Waals surface area contributed by atoms with Crippen LogP contribution in [0.3, 0.4) is 0 Å². The summed E-state index contributed by atoms with van der Waals surface area (Å²) in [5, 5.41) is 18.8. The number of hydrogen-bond donors (Lipinski definition) is 4. The van der Waals surface area contributed by atoms with Gasteiger partial charge < -0.3 is 20.7 Å². The zero-order valence-electron chi connectivity index (χ0n) is 15.2. The van der Waals surface area contributed by atoms with E-state index in [1.807, 2.05) is 0 Å². The Morgan fingerprint density at radius 2 is 1.78 bits per heavy atom. The molecule has 0 amide bonds. The molecule has 2 aromatic carbocycles. The van der Waals surface area contributed by atoms with Crippen LogP contribution >= 0.6 is 0 Å². The maximum absolute atomic E-state index is 12.8. The lowest BCUT2D eigenvalue weighted by Gasteiger charge is -2.28. The monoisotopic (exact) mass is 394 g/mol. The van der Waals surface area contributed by atoms with Gasteiger partial charge in [0.1, 0.15) is 5.75 Å². The predicted molar refractivity (Wildman–Crippen MR) is 103 cm³/mol. The van der Waals surface area contributed by atoms with Crippen LogP contribution in [0.4, 0.5) is 0 Å². The zero-order chi connectivity index (χ0) is 19.9. The van der Waals surface area contributed by atoms with E-state index in [0.29, 0.717) is 11.3 Å². The highest BCUT2D eigenvalue weighted by Gasteiger charge is 2.27. The number of rotatable bonds is 10. The average Bonchev–Trinajstić information content (AvgIpc) is 2.71. The Hall–Kier alpha value is -1.97. The van der Waals surface area contributed by atoms with Crippen molar-refractivity contribution in [1.82, 2.24) is 4.72 Å². The van der Waals surface area contributed by atoms with Crippen molar-refractivity contribution in [3.05, 3.63) is 60.2 Å². The van der Waals surface area contributed by atoms with E-state index in [1.165, 1.54) is 19.2 Å². The van der Waals surface area contributed by atoms with Crippen molar-refractivity contribution in [2.45, 2.75) is 29.3 Å². The molecule has 1 unspecified atom stereocenters. The normalized spacial score (nSPS) is 13.3. The molecule has 0 aromatic heterocycles. The summed E-state index contributed by atoms with van der Waals surface area (Å²) in [7, 11) is -2.23. The highest BCUT2D eigenvalue weighted by molar-refractivity contribution is 7.89. The second kappa shape index (κ2) is 9.29. The SMILES string of the molecule is COc1cccc(C(CCC(N)(CO)CO)NS(=O)(=O)c2ccccc2)c1. The Balaban J connectivity index is 2.31. The number of nitrogens with two attached hydrogens (primary N) is 1. The van der Waals surface area contributed by atoms with E-state index >= 15 is 0 Å². The molecule has 0 aliphatic carbocycles. The fourth-order valence-electron chi connectivity index (χ4n) is 2.65. The predicted octanol–water partition coefficient (Wildman–Crippen LogP) is 1.18. The topological polar surface area (TPSA) is 122 Å². The number of benzene rings is 2. The second-order valence-corrected chi connectivity index (χ2v) is 8.19. The molecule has 27 heavy (non-hydrogen) atoms. The number of methoxy groups -OCH3 is 1. The minimum absolute atomic E-state index is 0.154. The molecular formula is C19H26N2O5S. The molecule has 0 heterocycles. The summed E-state index contributed by atoms with van der Waals surface area (Å²) in [4.78, 5) is 0.154. The van der Waals surface area contributed by atoms with Crippen LogP contribution in [0.5, 0.6) is 5.75 Å². The van der Waals surface area contributed by atoms with Gasteiger partial charge in [-0.15, -0.1) is 0 Å². The van der Waals surface area contributed by atoms with E-state index in [9.17, 15) is 18.6 Å². The summed E-state index contributed by atoms with van der Waals surface area (Å²) in [6.07, 6.45) is 0.510. The number of aliphatic hydroxyl groups excluding tert-OH is 2. The van der Waals surface area contributed by atoms with Crippen LogP contribution in [-0.2, 0) is 10.0 Å². The Bertz CT molecular complexity index is 823. The summed E-state index contributed by atoms with van der Waals surface area (Å²) in [5.41, 5.74) is 5.47. The molecule has 0 saturated carbocycles. The van der Waals surface area contributed by atoms with Crippen LogP contribution in [0.1, 0.15) is 24.4 Å². The van der Waals surface area contributed by atoms with Crippen LogP contribution in [0.15, 0.2) is 59.5 Å². The Morgan fingerprint density at radius 3 is 2.37 bits per heavy atom. The highest BCUT2D eigenvalue weighted by atomic mass is 32.2. The van der Waals surface area contributed by atoms with Gasteiger partial charge in [-0.2, -0.15) is 0 Å². The second-order valence-electron chi connectivity index (χ2n) is 6.48. The van der Waals surface area contributed by atoms with E-state index in [2.05, 4.69) is 4.72 Å². The van der Waals surface area contributed by atoms with Crippen LogP contribution in [0.2, 0.25) is 0 Å². The molecule has 0 fully saturated rings. The van der Waals surface area contributed by atoms with Crippen LogP contribution in [-0.4, -0.2) is 44.5 Å². The number of ether oxygens (including phenoxy) is 1. The van der Waals surface area contributed by atoms with Crippen LogP contribution in [0, 0.1) is 0 Å². The van der Waals surface area contributed by atoms with E-state index < -0.39 is 34.8 Å². The largest absolute Gasteiger partial charge is 0.497 e. The molecule has 5 N–H and O–H groups in total. The van der Waals surface area contributed by atoms with Crippen LogP contribution in [0.25, 0.3) is 0 Å². The molecular weight excluding hydrogens is 368 g/mol. The molecule has 8 heteroatoms. The highest BCUT2D eigenvalue weighted by Crippen LogP contribution is 2.27. The summed E-state index contributed by atoms with van der Waals surface area (Å²) in [5.74, 6) is 0.597. The van der Waals surface area contributed by atoms with Gasteiger partial charge in [0.25, 0.3) is 0 Å². The maximum atomic E-state index is 12.8. The quantitative estimate of drug-likeness (QED) is 0.480. The maximum Gasteiger partial charge on any atom is 0.241 e. The van der Waals surface area contributed by atoms with Crippen molar-refractivity contribution < 1.29 is 23.4 Å². The van der Waals surface area contributed by atoms with Gasteiger partial charge in [0.2, 0.25) is 10.0 Å². The smallest absolute Gasteiger partial charge is 0.241 e. The van der Waals surface area contributed by atoms with Crippen molar-refractivity contribution in [2.75, 3.05) is 20.3 Å². The number of sulfonamides is 1. The van der Waals surface area contributed by atoms with Gasteiger partial charge in [-0.05, 0) is 42.7 Å². The van der Waals surface area contributed by atoms with Gasteiger partial charge in [0.15, 0.2) is 0 Å². The fraction of sp³-hybridized carbons (Fsp3) is 0.368. The van der Waals surface area contributed by atoms with Crippen LogP contribution < -0.4 is 15.2 Å². The zero-order valence-corrected chi connectivity index (χ0v) is 16.0. The molecule has 0 spiro atoms. The molecule has 0 aliphatic heterocycles. The van der Waals surface area contributed by atoms with Crippen molar-refractivity contribution in [3.63, 3.8) is 0 Å². The molecule has 2 rings (SSSR count). The summed E-state index contributed by atoms with van der Waals surface area (Å²) < 4.78 is 33.4. The molecule has 0 bridgehead atoms. The van der Waals surface area contributed by atoms with E-state index in [0.717, 1.165) is 0 Å². The molecule has 0 radical (unpaired) electrons. The van der Waals surface area contributed by atoms with Gasteiger partial charge in [-0.3, -0.25) is 0 Å². The van der Waals surface area contributed by atoms with Gasteiger partial charge in [-0.25, -0.2) is 13.1 Å². The van der Waals surface area contributed by atoms with Crippen molar-refractivity contribution in [1.29, 1.82) is 0 Å². The van der Waals surface area contributed by atoms with Gasteiger partial charge in [-0.1, -0.05) is 30.3 Å². The minimum Gasteiger partial charge on any atom is -0.497 e. The first-order valence-corrected chi connectivity index (χ1v) is 10.0. The number of hydrogen-bond acceptors (Lipinski definition) is 6. The Labute approximate surface area is 159 Å².